The zero-order valence-electron chi connectivity index (χ0n) is 12.1. The number of carbonyl (C=O) groups excluding carboxylic acids is 1. The molecule has 1 amide bonds. The van der Waals surface area contributed by atoms with E-state index < -0.39 is 0 Å². The smallest absolute Gasteiger partial charge is 0.265 e. The number of aryl methyl sites for hydroxylation is 1. The van der Waals surface area contributed by atoms with Gasteiger partial charge in [0, 0.05) is 5.54 Å². The van der Waals surface area contributed by atoms with Gasteiger partial charge in [0.15, 0.2) is 0 Å². The van der Waals surface area contributed by atoms with Crippen molar-refractivity contribution in [1.29, 1.82) is 0 Å². The lowest BCUT2D eigenvalue weighted by atomic mass is 9.47. The van der Waals surface area contributed by atoms with Crippen molar-refractivity contribution in [1.82, 2.24) is 14.9 Å². The van der Waals surface area contributed by atoms with Crippen molar-refractivity contribution >= 4 is 17.4 Å². The fourth-order valence-electron chi connectivity index (χ4n) is 5.60. The predicted octanol–water partition coefficient (Wildman–Crippen LogP) is 2.94. The van der Waals surface area contributed by atoms with Gasteiger partial charge in [-0.1, -0.05) is 11.4 Å². The Morgan fingerprint density at radius 1 is 1.30 bits per heavy atom. The molecule has 2 unspecified atom stereocenters. The maximum atomic E-state index is 12.5. The minimum atomic E-state index is 0.0445. The van der Waals surface area contributed by atoms with Crippen LogP contribution in [0.5, 0.6) is 0 Å². The van der Waals surface area contributed by atoms with Gasteiger partial charge in [0.05, 0.1) is 5.69 Å². The largest absolute Gasteiger partial charge is 0.346 e. The Kier molecular flexibility index (Phi) is 2.57. The highest BCUT2D eigenvalue weighted by molar-refractivity contribution is 7.08. The van der Waals surface area contributed by atoms with E-state index in [2.05, 4.69) is 21.8 Å². The van der Waals surface area contributed by atoms with Crippen molar-refractivity contribution in [3.05, 3.63) is 10.6 Å². The second-order valence-electron chi connectivity index (χ2n) is 7.69. The van der Waals surface area contributed by atoms with E-state index in [1.807, 2.05) is 6.92 Å². The molecule has 1 N–H and O–H groups in total. The number of rotatable bonds is 2. The van der Waals surface area contributed by atoms with Gasteiger partial charge in [-0.3, -0.25) is 4.79 Å². The van der Waals surface area contributed by atoms with Crippen LogP contribution in [0.1, 0.15) is 60.8 Å². The average molecular weight is 291 g/mol. The third-order valence-electron chi connectivity index (χ3n) is 5.59. The van der Waals surface area contributed by atoms with Gasteiger partial charge < -0.3 is 5.32 Å². The van der Waals surface area contributed by atoms with Crippen molar-refractivity contribution in [2.75, 3.05) is 0 Å². The molecule has 0 saturated heterocycles. The number of amides is 1. The summed E-state index contributed by atoms with van der Waals surface area (Å²) in [5, 5.41) is 7.34. The number of carbonyl (C=O) groups is 1. The SMILES string of the molecule is Cc1nnsc1C(=O)NC12CC3CC(CC(C)(C3)C1)C2. The first-order valence-electron chi connectivity index (χ1n) is 7.59. The van der Waals surface area contributed by atoms with Crippen LogP contribution in [-0.2, 0) is 0 Å². The minimum absolute atomic E-state index is 0.0445. The van der Waals surface area contributed by atoms with Crippen LogP contribution >= 0.6 is 11.5 Å². The van der Waals surface area contributed by atoms with E-state index in [0.717, 1.165) is 24.0 Å². The van der Waals surface area contributed by atoms with Crippen LogP contribution in [0.2, 0.25) is 0 Å². The van der Waals surface area contributed by atoms with E-state index in [-0.39, 0.29) is 11.4 Å². The standard InChI is InChI=1S/C15H21N3OS/c1-9-12(20-18-17-9)13(19)16-15-6-10-3-11(7-15)5-14(2,4-10)8-15/h10-11H,3-8H2,1-2H3,(H,16,19). The molecule has 1 aromatic heterocycles. The molecular weight excluding hydrogens is 270 g/mol. The first-order chi connectivity index (χ1) is 9.47. The summed E-state index contributed by atoms with van der Waals surface area (Å²) in [5.74, 6) is 1.69. The number of aromatic nitrogens is 2. The average Bonchev–Trinajstić information content (AvgIpc) is 2.71. The maximum Gasteiger partial charge on any atom is 0.265 e. The normalized spacial score (nSPS) is 41.9. The number of hydrogen-bond acceptors (Lipinski definition) is 4. The fourth-order valence-corrected chi connectivity index (χ4v) is 6.16. The first-order valence-corrected chi connectivity index (χ1v) is 8.36. The fraction of sp³-hybridized carbons (Fsp3) is 0.800. The molecule has 0 aliphatic heterocycles. The monoisotopic (exact) mass is 291 g/mol. The zero-order valence-corrected chi connectivity index (χ0v) is 12.9. The van der Waals surface area contributed by atoms with Gasteiger partial charge in [-0.2, -0.15) is 0 Å². The lowest BCUT2D eigenvalue weighted by Gasteiger charge is -2.61. The molecule has 4 saturated carbocycles. The Morgan fingerprint density at radius 3 is 2.55 bits per heavy atom. The van der Waals surface area contributed by atoms with Gasteiger partial charge in [-0.15, -0.1) is 5.10 Å². The Morgan fingerprint density at radius 2 is 2.00 bits per heavy atom. The lowest BCUT2D eigenvalue weighted by molar-refractivity contribution is -0.0680. The summed E-state index contributed by atoms with van der Waals surface area (Å²) in [6.45, 7) is 4.28. The molecule has 5 heteroatoms. The minimum Gasteiger partial charge on any atom is -0.346 e. The number of nitrogens with zero attached hydrogens (tertiary/aromatic N) is 2. The molecule has 0 radical (unpaired) electrons. The van der Waals surface area contributed by atoms with E-state index in [1.165, 1.54) is 43.6 Å². The highest BCUT2D eigenvalue weighted by Gasteiger charge is 2.56. The molecular formula is C15H21N3OS. The molecule has 4 bridgehead atoms. The van der Waals surface area contributed by atoms with Crippen LogP contribution in [0.3, 0.4) is 0 Å². The van der Waals surface area contributed by atoms with E-state index in [9.17, 15) is 4.79 Å². The number of nitrogens with one attached hydrogen (secondary N) is 1. The summed E-state index contributed by atoms with van der Waals surface area (Å²) >= 11 is 1.21. The quantitative estimate of drug-likeness (QED) is 0.911. The van der Waals surface area contributed by atoms with Crippen molar-refractivity contribution < 1.29 is 4.79 Å². The van der Waals surface area contributed by atoms with Gasteiger partial charge in [-0.25, -0.2) is 0 Å². The van der Waals surface area contributed by atoms with Crippen molar-refractivity contribution in [3.63, 3.8) is 0 Å². The van der Waals surface area contributed by atoms with Gasteiger partial charge in [0.1, 0.15) is 4.88 Å². The molecule has 4 aliphatic carbocycles. The van der Waals surface area contributed by atoms with E-state index in [4.69, 9.17) is 0 Å². The zero-order chi connectivity index (χ0) is 14.0. The molecule has 1 heterocycles. The van der Waals surface area contributed by atoms with Crippen LogP contribution in [0.25, 0.3) is 0 Å². The molecule has 4 fully saturated rings. The number of hydrogen-bond donors (Lipinski definition) is 1. The Labute approximate surface area is 123 Å². The van der Waals surface area contributed by atoms with Gasteiger partial charge in [-0.05, 0) is 74.2 Å². The first kappa shape index (κ1) is 12.7. The molecule has 5 rings (SSSR count). The van der Waals surface area contributed by atoms with E-state index >= 15 is 0 Å². The Balaban J connectivity index is 1.59. The van der Waals surface area contributed by atoms with Gasteiger partial charge in [0.25, 0.3) is 5.91 Å². The maximum absolute atomic E-state index is 12.5. The topological polar surface area (TPSA) is 54.9 Å². The van der Waals surface area contributed by atoms with Crippen molar-refractivity contribution in [2.24, 2.45) is 17.3 Å². The van der Waals surface area contributed by atoms with Crippen LogP contribution in [0.4, 0.5) is 0 Å². The molecule has 108 valence electrons. The van der Waals surface area contributed by atoms with Crippen LogP contribution in [-0.4, -0.2) is 21.0 Å². The molecule has 20 heavy (non-hydrogen) atoms. The summed E-state index contributed by atoms with van der Waals surface area (Å²) in [6, 6.07) is 0. The van der Waals surface area contributed by atoms with Gasteiger partial charge in [0.2, 0.25) is 0 Å². The summed E-state index contributed by atoms with van der Waals surface area (Å²) in [5.41, 5.74) is 1.26. The molecule has 0 spiro atoms. The Bertz CT molecular complexity index is 553. The second kappa shape index (κ2) is 4.03. The summed E-state index contributed by atoms with van der Waals surface area (Å²) in [6.07, 6.45) is 7.62. The molecule has 0 aromatic carbocycles. The summed E-state index contributed by atoms with van der Waals surface area (Å²) in [4.78, 5) is 13.2. The van der Waals surface area contributed by atoms with E-state index in [1.54, 1.807) is 0 Å². The van der Waals surface area contributed by atoms with Crippen molar-refractivity contribution in [3.8, 4) is 0 Å². The van der Waals surface area contributed by atoms with E-state index in [0.29, 0.717) is 10.3 Å². The predicted molar refractivity (Wildman–Crippen MR) is 77.6 cm³/mol. The second-order valence-corrected chi connectivity index (χ2v) is 8.45. The summed E-state index contributed by atoms with van der Waals surface area (Å²) < 4.78 is 3.88. The van der Waals surface area contributed by atoms with Crippen LogP contribution in [0.15, 0.2) is 0 Å². The molecule has 4 nitrogen and oxygen atoms in total. The third-order valence-corrected chi connectivity index (χ3v) is 6.42. The molecule has 4 aliphatic rings. The third kappa shape index (κ3) is 1.90. The van der Waals surface area contributed by atoms with Crippen molar-refractivity contribution in [2.45, 2.75) is 57.9 Å². The summed E-state index contributed by atoms with van der Waals surface area (Å²) in [7, 11) is 0. The molecule has 2 atom stereocenters. The highest BCUT2D eigenvalue weighted by Crippen LogP contribution is 2.61. The van der Waals surface area contributed by atoms with Crippen LogP contribution in [0, 0.1) is 24.2 Å². The Hall–Kier alpha value is -0.970. The highest BCUT2D eigenvalue weighted by atomic mass is 32.1. The van der Waals surface area contributed by atoms with Crippen LogP contribution < -0.4 is 5.32 Å². The van der Waals surface area contributed by atoms with Gasteiger partial charge >= 0.3 is 0 Å². The molecule has 1 aromatic rings. The lowest BCUT2D eigenvalue weighted by Crippen LogP contribution is -2.62.